The predicted octanol–water partition coefficient (Wildman–Crippen LogP) is 4.09. The molecule has 0 aliphatic heterocycles. The van der Waals surface area contributed by atoms with Crippen LogP contribution in [-0.4, -0.2) is 0 Å². The average molecular weight is 164 g/mol. The summed E-state index contributed by atoms with van der Waals surface area (Å²) in [4.78, 5) is 0. The Morgan fingerprint density at radius 3 is 2.92 bits per heavy atom. The van der Waals surface area contributed by atoms with E-state index in [4.69, 9.17) is 0 Å². The normalized spacial score (nSPS) is 36.0. The molecule has 0 amide bonds. The molecule has 0 heterocycles. The minimum absolute atomic E-state index is 0.363. The van der Waals surface area contributed by atoms with Crippen molar-refractivity contribution in [3.8, 4) is 0 Å². The Morgan fingerprint density at radius 1 is 1.50 bits per heavy atom. The predicted molar refractivity (Wildman–Crippen MR) is 55.1 cm³/mol. The third-order valence-corrected chi connectivity index (χ3v) is 2.98. The van der Waals surface area contributed by atoms with Crippen molar-refractivity contribution in [1.82, 2.24) is 0 Å². The summed E-state index contributed by atoms with van der Waals surface area (Å²) in [6.07, 6.45) is 11.0. The lowest BCUT2D eigenvalue weighted by atomic mass is 9.79. The number of allylic oxidation sites excluding steroid dienone is 3. The summed E-state index contributed by atoms with van der Waals surface area (Å²) < 4.78 is 0. The zero-order chi connectivity index (χ0) is 9.03. The molecule has 0 fully saturated rings. The van der Waals surface area contributed by atoms with Crippen LogP contribution < -0.4 is 0 Å². The fourth-order valence-electron chi connectivity index (χ4n) is 1.73. The second-order valence-electron chi connectivity index (χ2n) is 4.32. The second kappa shape index (κ2) is 3.93. The highest BCUT2D eigenvalue weighted by Gasteiger charge is 2.19. The highest BCUT2D eigenvalue weighted by molar-refractivity contribution is 5.05. The van der Waals surface area contributed by atoms with Crippen LogP contribution in [0.25, 0.3) is 0 Å². The summed E-state index contributed by atoms with van der Waals surface area (Å²) in [5, 5.41) is 0. The Labute approximate surface area is 76.4 Å². The van der Waals surface area contributed by atoms with Gasteiger partial charge in [0.2, 0.25) is 0 Å². The first-order valence-corrected chi connectivity index (χ1v) is 4.95. The van der Waals surface area contributed by atoms with Gasteiger partial charge in [0.25, 0.3) is 0 Å². The van der Waals surface area contributed by atoms with Crippen LogP contribution in [0.3, 0.4) is 0 Å². The molecule has 1 aliphatic carbocycles. The van der Waals surface area contributed by atoms with Crippen molar-refractivity contribution in [1.29, 1.82) is 0 Å². The summed E-state index contributed by atoms with van der Waals surface area (Å²) in [6.45, 7) is 8.48. The van der Waals surface area contributed by atoms with Crippen LogP contribution in [0.2, 0.25) is 0 Å². The van der Waals surface area contributed by atoms with E-state index in [0.717, 1.165) is 0 Å². The summed E-state index contributed by atoms with van der Waals surface area (Å²) >= 11 is 0. The first-order chi connectivity index (χ1) is 5.66. The monoisotopic (exact) mass is 164 g/mol. The number of hydrogen-bond donors (Lipinski definition) is 0. The molecule has 0 N–H and O–H groups in total. The molecule has 0 aromatic heterocycles. The molecule has 12 heavy (non-hydrogen) atoms. The minimum Gasteiger partial charge on any atom is -0.103 e. The van der Waals surface area contributed by atoms with Crippen LogP contribution in [-0.2, 0) is 0 Å². The van der Waals surface area contributed by atoms with Gasteiger partial charge in [-0.15, -0.1) is 6.58 Å². The topological polar surface area (TPSA) is 0 Å². The van der Waals surface area contributed by atoms with Crippen molar-refractivity contribution in [3.05, 3.63) is 24.3 Å². The molecule has 0 saturated heterocycles. The van der Waals surface area contributed by atoms with Gasteiger partial charge in [0.05, 0.1) is 0 Å². The van der Waals surface area contributed by atoms with Gasteiger partial charge < -0.3 is 0 Å². The lowest BCUT2D eigenvalue weighted by Gasteiger charge is -2.26. The molecule has 1 rings (SSSR count). The molecule has 1 aliphatic rings. The molecule has 0 spiro atoms. The third kappa shape index (κ3) is 2.51. The van der Waals surface area contributed by atoms with Crippen LogP contribution in [0.1, 0.15) is 46.0 Å². The van der Waals surface area contributed by atoms with Crippen molar-refractivity contribution < 1.29 is 0 Å². The Balaban J connectivity index is 2.66. The van der Waals surface area contributed by atoms with Gasteiger partial charge >= 0.3 is 0 Å². The van der Waals surface area contributed by atoms with E-state index in [9.17, 15) is 0 Å². The van der Waals surface area contributed by atoms with Crippen LogP contribution in [0.4, 0.5) is 0 Å². The van der Waals surface area contributed by atoms with Crippen LogP contribution in [0, 0.1) is 5.41 Å². The molecule has 0 saturated carbocycles. The fraction of sp³-hybridized carbons (Fsp3) is 0.667. The molecule has 0 aromatic carbocycles. The van der Waals surface area contributed by atoms with E-state index in [-0.39, 0.29) is 0 Å². The van der Waals surface area contributed by atoms with E-state index < -0.39 is 0 Å². The average Bonchev–Trinajstić information content (AvgIpc) is 2.07. The molecule has 1 unspecified atom stereocenters. The number of rotatable bonds is 1. The van der Waals surface area contributed by atoms with Gasteiger partial charge in [-0.2, -0.15) is 0 Å². The van der Waals surface area contributed by atoms with Crippen molar-refractivity contribution in [2.45, 2.75) is 46.0 Å². The number of hydrogen-bond acceptors (Lipinski definition) is 0. The van der Waals surface area contributed by atoms with Crippen LogP contribution in [0.5, 0.6) is 0 Å². The van der Waals surface area contributed by atoms with E-state index in [1.54, 1.807) is 5.57 Å². The first-order valence-electron chi connectivity index (χ1n) is 4.95. The molecule has 68 valence electrons. The van der Waals surface area contributed by atoms with E-state index in [1.165, 1.54) is 32.1 Å². The van der Waals surface area contributed by atoms with Crippen molar-refractivity contribution in [2.75, 3.05) is 0 Å². The van der Waals surface area contributed by atoms with Crippen LogP contribution in [0.15, 0.2) is 24.3 Å². The highest BCUT2D eigenvalue weighted by Crippen LogP contribution is 2.33. The van der Waals surface area contributed by atoms with Gasteiger partial charge in [-0.25, -0.2) is 0 Å². The Bertz CT molecular complexity index is 188. The molecule has 0 bridgehead atoms. The highest BCUT2D eigenvalue weighted by atomic mass is 14.2. The van der Waals surface area contributed by atoms with E-state index in [0.29, 0.717) is 5.41 Å². The first kappa shape index (κ1) is 9.57. The Kier molecular flexibility index (Phi) is 3.13. The van der Waals surface area contributed by atoms with Crippen molar-refractivity contribution in [2.24, 2.45) is 5.41 Å². The standard InChI is InChI=1S/C12H20/c1-4-12(3)9-6-5-7-11(2)8-10-12/h4,8H,1,5-7,9-10H2,2-3H3/b11-8-. The van der Waals surface area contributed by atoms with E-state index in [1.807, 2.05) is 0 Å². The smallest absolute Gasteiger partial charge is 0.0115 e. The molecule has 0 nitrogen and oxygen atoms in total. The summed E-state index contributed by atoms with van der Waals surface area (Å²) in [5.41, 5.74) is 1.92. The van der Waals surface area contributed by atoms with Crippen molar-refractivity contribution >= 4 is 0 Å². The largest absolute Gasteiger partial charge is 0.103 e. The second-order valence-corrected chi connectivity index (χ2v) is 4.32. The van der Waals surface area contributed by atoms with Gasteiger partial charge in [0.15, 0.2) is 0 Å². The van der Waals surface area contributed by atoms with Gasteiger partial charge in [0, 0.05) is 0 Å². The van der Waals surface area contributed by atoms with E-state index in [2.05, 4.69) is 32.6 Å². The van der Waals surface area contributed by atoms with E-state index >= 15 is 0 Å². The van der Waals surface area contributed by atoms with Gasteiger partial charge in [0.1, 0.15) is 0 Å². The zero-order valence-corrected chi connectivity index (χ0v) is 8.40. The summed E-state index contributed by atoms with van der Waals surface area (Å²) in [5.74, 6) is 0. The molecule has 0 aromatic rings. The molecule has 1 atom stereocenters. The van der Waals surface area contributed by atoms with Gasteiger partial charge in [-0.3, -0.25) is 0 Å². The maximum absolute atomic E-state index is 3.92. The molecule has 0 heteroatoms. The SMILES string of the molecule is C=CC1(C)C/C=C(/C)CCCC1. The third-order valence-electron chi connectivity index (χ3n) is 2.98. The van der Waals surface area contributed by atoms with Gasteiger partial charge in [-0.05, 0) is 38.0 Å². The molecular weight excluding hydrogens is 144 g/mol. The molecular formula is C12H20. The summed E-state index contributed by atoms with van der Waals surface area (Å²) in [7, 11) is 0. The lowest BCUT2D eigenvalue weighted by Crippen LogP contribution is -2.13. The maximum atomic E-state index is 3.92. The fourth-order valence-corrected chi connectivity index (χ4v) is 1.73. The van der Waals surface area contributed by atoms with Gasteiger partial charge in [-0.1, -0.05) is 31.1 Å². The lowest BCUT2D eigenvalue weighted by molar-refractivity contribution is 0.371. The maximum Gasteiger partial charge on any atom is -0.0115 e. The Hall–Kier alpha value is -0.520. The minimum atomic E-state index is 0.363. The van der Waals surface area contributed by atoms with Crippen LogP contribution >= 0.6 is 0 Å². The quantitative estimate of drug-likeness (QED) is 0.512. The zero-order valence-electron chi connectivity index (χ0n) is 8.40. The van der Waals surface area contributed by atoms with Crippen molar-refractivity contribution in [3.63, 3.8) is 0 Å². The summed E-state index contributed by atoms with van der Waals surface area (Å²) in [6, 6.07) is 0. The molecule has 0 radical (unpaired) electrons. The Morgan fingerprint density at radius 2 is 2.25 bits per heavy atom.